The zero-order valence-corrected chi connectivity index (χ0v) is 10.7. The predicted molar refractivity (Wildman–Crippen MR) is 70.5 cm³/mol. The van der Waals surface area contributed by atoms with Crippen LogP contribution in [0.15, 0.2) is 24.3 Å². The molecule has 0 heterocycles. The van der Waals surface area contributed by atoms with Crippen LogP contribution < -0.4 is 11.1 Å². The average molecular weight is 220 g/mol. The lowest BCUT2D eigenvalue weighted by Crippen LogP contribution is -2.28. The highest BCUT2D eigenvalue weighted by Crippen LogP contribution is 2.21. The smallest absolute Gasteiger partial charge is 0.0355 e. The van der Waals surface area contributed by atoms with Crippen LogP contribution in [-0.2, 0) is 6.42 Å². The zero-order chi connectivity index (χ0) is 12.0. The molecule has 0 aromatic heterocycles. The molecule has 0 aliphatic rings. The maximum absolute atomic E-state index is 5.72. The Morgan fingerprint density at radius 1 is 1.25 bits per heavy atom. The molecular formula is C14H24N2. The van der Waals surface area contributed by atoms with Crippen LogP contribution in [0.2, 0.25) is 0 Å². The van der Waals surface area contributed by atoms with Crippen LogP contribution in [0.3, 0.4) is 0 Å². The second-order valence-electron chi connectivity index (χ2n) is 4.47. The van der Waals surface area contributed by atoms with Gasteiger partial charge in [-0.15, -0.1) is 0 Å². The highest BCUT2D eigenvalue weighted by atomic mass is 14.9. The summed E-state index contributed by atoms with van der Waals surface area (Å²) in [5, 5.41) is 3.34. The third kappa shape index (κ3) is 3.32. The van der Waals surface area contributed by atoms with E-state index in [4.69, 9.17) is 5.73 Å². The first-order valence-electron chi connectivity index (χ1n) is 6.19. The maximum atomic E-state index is 5.72. The normalized spacial score (nSPS) is 14.8. The molecule has 0 saturated heterocycles. The Labute approximate surface area is 99.2 Å². The molecule has 2 atom stereocenters. The molecular weight excluding hydrogens is 196 g/mol. The molecule has 2 unspecified atom stereocenters. The molecule has 1 rings (SSSR count). The Bertz CT molecular complexity index is 292. The van der Waals surface area contributed by atoms with Gasteiger partial charge in [0.25, 0.3) is 0 Å². The summed E-state index contributed by atoms with van der Waals surface area (Å²) in [6.45, 7) is 5.10. The molecule has 16 heavy (non-hydrogen) atoms. The number of hydrogen-bond donors (Lipinski definition) is 2. The monoisotopic (exact) mass is 220 g/mol. The summed E-state index contributed by atoms with van der Waals surface area (Å²) in [7, 11) is 2.00. The highest BCUT2D eigenvalue weighted by molar-refractivity contribution is 5.25. The molecule has 2 nitrogen and oxygen atoms in total. The van der Waals surface area contributed by atoms with Gasteiger partial charge in [-0.05, 0) is 37.1 Å². The van der Waals surface area contributed by atoms with E-state index >= 15 is 0 Å². The summed E-state index contributed by atoms with van der Waals surface area (Å²) in [4.78, 5) is 0. The first-order valence-corrected chi connectivity index (χ1v) is 6.19. The Hall–Kier alpha value is -0.860. The van der Waals surface area contributed by atoms with Crippen molar-refractivity contribution in [3.8, 4) is 0 Å². The molecule has 0 saturated carbocycles. The van der Waals surface area contributed by atoms with Crippen LogP contribution in [0.4, 0.5) is 0 Å². The fourth-order valence-corrected chi connectivity index (χ4v) is 2.10. The van der Waals surface area contributed by atoms with Crippen molar-refractivity contribution in [2.24, 2.45) is 11.7 Å². The number of benzene rings is 1. The molecule has 0 bridgehead atoms. The van der Waals surface area contributed by atoms with E-state index in [9.17, 15) is 0 Å². The zero-order valence-electron chi connectivity index (χ0n) is 10.7. The van der Waals surface area contributed by atoms with Crippen molar-refractivity contribution in [1.82, 2.24) is 5.32 Å². The van der Waals surface area contributed by atoms with E-state index < -0.39 is 0 Å². The fraction of sp³-hybridized carbons (Fsp3) is 0.571. The second kappa shape index (κ2) is 6.66. The minimum absolute atomic E-state index is 0.362. The number of nitrogens with two attached hydrogens (primary N) is 1. The van der Waals surface area contributed by atoms with Crippen molar-refractivity contribution in [2.45, 2.75) is 32.7 Å². The summed E-state index contributed by atoms with van der Waals surface area (Å²) in [5.41, 5.74) is 8.48. The van der Waals surface area contributed by atoms with Crippen molar-refractivity contribution < 1.29 is 0 Å². The first-order chi connectivity index (χ1) is 7.72. The van der Waals surface area contributed by atoms with Gasteiger partial charge in [0.1, 0.15) is 0 Å². The van der Waals surface area contributed by atoms with Gasteiger partial charge in [-0.1, -0.05) is 44.5 Å². The van der Waals surface area contributed by atoms with Gasteiger partial charge in [-0.25, -0.2) is 0 Å². The van der Waals surface area contributed by atoms with Crippen molar-refractivity contribution >= 4 is 0 Å². The van der Waals surface area contributed by atoms with Crippen LogP contribution in [0.1, 0.15) is 37.4 Å². The van der Waals surface area contributed by atoms with Gasteiger partial charge in [0, 0.05) is 6.04 Å². The average Bonchev–Trinajstić information content (AvgIpc) is 2.32. The minimum Gasteiger partial charge on any atom is -0.330 e. The number of rotatable bonds is 6. The maximum Gasteiger partial charge on any atom is 0.0355 e. The van der Waals surface area contributed by atoms with Crippen molar-refractivity contribution in [1.29, 1.82) is 0 Å². The highest BCUT2D eigenvalue weighted by Gasteiger charge is 2.15. The van der Waals surface area contributed by atoms with E-state index in [0.717, 1.165) is 6.42 Å². The van der Waals surface area contributed by atoms with Gasteiger partial charge >= 0.3 is 0 Å². The van der Waals surface area contributed by atoms with Gasteiger partial charge in [-0.2, -0.15) is 0 Å². The van der Waals surface area contributed by atoms with Crippen molar-refractivity contribution in [2.75, 3.05) is 13.6 Å². The van der Waals surface area contributed by atoms with E-state index in [1.165, 1.54) is 17.5 Å². The quantitative estimate of drug-likeness (QED) is 0.773. The summed E-state index contributed by atoms with van der Waals surface area (Å²) in [6, 6.07) is 9.26. The summed E-state index contributed by atoms with van der Waals surface area (Å²) in [5.74, 6) is 0.460. The molecule has 2 heteroatoms. The number of hydrogen-bond acceptors (Lipinski definition) is 2. The minimum atomic E-state index is 0.362. The standard InChI is InChI=1S/C14H24N2/c1-4-5-12-6-8-13(9-7-12)14(16-3)11(2)10-15/h6-9,11,14,16H,4-5,10,15H2,1-3H3. The van der Waals surface area contributed by atoms with Crippen LogP contribution in [0, 0.1) is 5.92 Å². The molecule has 0 fully saturated rings. The first kappa shape index (κ1) is 13.2. The number of aryl methyl sites for hydroxylation is 1. The van der Waals surface area contributed by atoms with Crippen LogP contribution in [0.5, 0.6) is 0 Å². The van der Waals surface area contributed by atoms with Crippen LogP contribution in [0.25, 0.3) is 0 Å². The van der Waals surface area contributed by atoms with E-state index in [1.807, 2.05) is 7.05 Å². The molecule has 0 aliphatic carbocycles. The lowest BCUT2D eigenvalue weighted by Gasteiger charge is -2.23. The number of nitrogens with one attached hydrogen (secondary N) is 1. The van der Waals surface area contributed by atoms with Gasteiger partial charge < -0.3 is 11.1 Å². The van der Waals surface area contributed by atoms with Crippen molar-refractivity contribution in [3.05, 3.63) is 35.4 Å². The summed E-state index contributed by atoms with van der Waals surface area (Å²) < 4.78 is 0. The van der Waals surface area contributed by atoms with Gasteiger partial charge in [0.2, 0.25) is 0 Å². The Kier molecular flexibility index (Phi) is 5.50. The molecule has 0 amide bonds. The van der Waals surface area contributed by atoms with Gasteiger partial charge in [0.15, 0.2) is 0 Å². The third-order valence-electron chi connectivity index (χ3n) is 3.13. The van der Waals surface area contributed by atoms with E-state index in [0.29, 0.717) is 18.5 Å². The van der Waals surface area contributed by atoms with Crippen LogP contribution in [-0.4, -0.2) is 13.6 Å². The van der Waals surface area contributed by atoms with Gasteiger partial charge in [0.05, 0.1) is 0 Å². The SMILES string of the molecule is CCCc1ccc(C(NC)C(C)CN)cc1. The molecule has 0 aliphatic heterocycles. The van der Waals surface area contributed by atoms with Crippen molar-refractivity contribution in [3.63, 3.8) is 0 Å². The summed E-state index contributed by atoms with van der Waals surface area (Å²) in [6.07, 6.45) is 2.37. The largest absolute Gasteiger partial charge is 0.330 e. The fourth-order valence-electron chi connectivity index (χ4n) is 2.10. The summed E-state index contributed by atoms with van der Waals surface area (Å²) >= 11 is 0. The third-order valence-corrected chi connectivity index (χ3v) is 3.13. The molecule has 3 N–H and O–H groups in total. The molecule has 1 aromatic rings. The topological polar surface area (TPSA) is 38.0 Å². The van der Waals surface area contributed by atoms with E-state index in [-0.39, 0.29) is 0 Å². The lowest BCUT2D eigenvalue weighted by atomic mass is 9.93. The van der Waals surface area contributed by atoms with Gasteiger partial charge in [-0.3, -0.25) is 0 Å². The second-order valence-corrected chi connectivity index (χ2v) is 4.47. The van der Waals surface area contributed by atoms with E-state index in [2.05, 4.69) is 43.4 Å². The van der Waals surface area contributed by atoms with E-state index in [1.54, 1.807) is 0 Å². The lowest BCUT2D eigenvalue weighted by molar-refractivity contribution is 0.419. The Morgan fingerprint density at radius 3 is 2.31 bits per heavy atom. The molecule has 0 spiro atoms. The Balaban J connectivity index is 2.78. The predicted octanol–water partition coefficient (Wildman–Crippen LogP) is 2.49. The van der Waals surface area contributed by atoms with Crippen LogP contribution >= 0.6 is 0 Å². The Morgan fingerprint density at radius 2 is 1.88 bits per heavy atom. The molecule has 90 valence electrons. The molecule has 1 aromatic carbocycles. The molecule has 0 radical (unpaired) electrons.